The van der Waals surface area contributed by atoms with Crippen LogP contribution in [0.5, 0.6) is 0 Å². The molecule has 5 nitrogen and oxygen atoms in total. The van der Waals surface area contributed by atoms with Crippen LogP contribution in [0.1, 0.15) is 5.56 Å². The fourth-order valence-corrected chi connectivity index (χ4v) is 4.37. The molecular formula is C10H14FNO4S2. The van der Waals surface area contributed by atoms with Crippen molar-refractivity contribution in [2.75, 3.05) is 23.5 Å². The summed E-state index contributed by atoms with van der Waals surface area (Å²) in [6.45, 7) is 0. The largest absolute Gasteiger partial charge is 0.396 e. The molecule has 0 atom stereocenters. The van der Waals surface area contributed by atoms with Gasteiger partial charge in [-0.25, -0.2) is 21.2 Å². The third kappa shape index (κ3) is 4.61. The number of rotatable bonds is 5. The van der Waals surface area contributed by atoms with Gasteiger partial charge in [0.2, 0.25) is 0 Å². The van der Waals surface area contributed by atoms with Crippen LogP contribution in [-0.4, -0.2) is 34.6 Å². The van der Waals surface area contributed by atoms with Gasteiger partial charge in [-0.3, -0.25) is 0 Å². The zero-order valence-electron chi connectivity index (χ0n) is 9.76. The Bertz CT molecular complexity index is 638. The Kier molecular flexibility index (Phi) is 4.33. The first-order valence-corrected chi connectivity index (χ1v) is 8.90. The quantitative estimate of drug-likeness (QED) is 0.792. The number of halogens is 1. The van der Waals surface area contributed by atoms with Gasteiger partial charge in [-0.2, -0.15) is 0 Å². The summed E-state index contributed by atoms with van der Waals surface area (Å²) >= 11 is 0. The van der Waals surface area contributed by atoms with E-state index in [0.717, 1.165) is 6.26 Å². The fraction of sp³-hybridized carbons (Fsp3) is 0.400. The van der Waals surface area contributed by atoms with Crippen LogP contribution in [0, 0.1) is 5.82 Å². The summed E-state index contributed by atoms with van der Waals surface area (Å²) in [5.74, 6) is -2.33. The minimum atomic E-state index is -3.68. The number of benzene rings is 1. The number of sulfone groups is 2. The van der Waals surface area contributed by atoms with Crippen molar-refractivity contribution in [3.05, 3.63) is 29.6 Å². The lowest BCUT2D eigenvalue weighted by atomic mass is 10.2. The maximum Gasteiger partial charge on any atom is 0.155 e. The van der Waals surface area contributed by atoms with Gasteiger partial charge in [0.25, 0.3) is 0 Å². The third-order valence-electron chi connectivity index (χ3n) is 2.25. The van der Waals surface area contributed by atoms with Gasteiger partial charge in [-0.05, 0) is 6.07 Å². The molecule has 0 aliphatic carbocycles. The monoisotopic (exact) mass is 295 g/mol. The molecule has 0 aliphatic rings. The Balaban J connectivity index is 2.87. The van der Waals surface area contributed by atoms with Gasteiger partial charge in [0, 0.05) is 11.8 Å². The summed E-state index contributed by atoms with van der Waals surface area (Å²) in [7, 11) is -7.05. The third-order valence-corrected chi connectivity index (χ3v) is 5.03. The van der Waals surface area contributed by atoms with Gasteiger partial charge in [0.1, 0.15) is 15.7 Å². The average molecular weight is 295 g/mol. The molecule has 1 aromatic rings. The highest BCUT2D eigenvalue weighted by Crippen LogP contribution is 2.17. The second-order valence-corrected chi connectivity index (χ2v) is 8.49. The first-order valence-electron chi connectivity index (χ1n) is 5.02. The number of anilines is 1. The topological polar surface area (TPSA) is 94.3 Å². The van der Waals surface area contributed by atoms with E-state index >= 15 is 0 Å². The second kappa shape index (κ2) is 5.23. The molecule has 0 heterocycles. The van der Waals surface area contributed by atoms with Crippen LogP contribution in [0.15, 0.2) is 18.2 Å². The summed E-state index contributed by atoms with van der Waals surface area (Å²) in [6, 6.07) is 4.07. The van der Waals surface area contributed by atoms with Crippen molar-refractivity contribution in [3.63, 3.8) is 0 Å². The smallest absolute Gasteiger partial charge is 0.155 e. The van der Waals surface area contributed by atoms with Gasteiger partial charge in [0.15, 0.2) is 9.84 Å². The Morgan fingerprint density at radius 3 is 2.33 bits per heavy atom. The Morgan fingerprint density at radius 1 is 1.17 bits per heavy atom. The molecule has 0 fully saturated rings. The highest BCUT2D eigenvalue weighted by Gasteiger charge is 2.18. The van der Waals surface area contributed by atoms with Crippen molar-refractivity contribution < 1.29 is 21.2 Å². The summed E-state index contributed by atoms with van der Waals surface area (Å²) in [4.78, 5) is 0. The average Bonchev–Trinajstić information content (AvgIpc) is 2.21. The van der Waals surface area contributed by atoms with Crippen LogP contribution in [0.3, 0.4) is 0 Å². The SMILES string of the molecule is CS(=O)(=O)CCS(=O)(=O)Cc1cccc(N)c1F. The van der Waals surface area contributed by atoms with Crippen LogP contribution < -0.4 is 5.73 Å². The summed E-state index contributed by atoms with van der Waals surface area (Å²) < 4.78 is 58.6. The van der Waals surface area contributed by atoms with E-state index < -0.39 is 42.8 Å². The lowest BCUT2D eigenvalue weighted by Gasteiger charge is -2.06. The minimum Gasteiger partial charge on any atom is -0.396 e. The van der Waals surface area contributed by atoms with Gasteiger partial charge in [-0.15, -0.1) is 0 Å². The standard InChI is InChI=1S/C10H14FNO4S2/c1-17(13,14)5-6-18(15,16)7-8-3-2-4-9(12)10(8)11/h2-4H,5-7,12H2,1H3. The number of hydrogen-bond donors (Lipinski definition) is 1. The van der Waals surface area contributed by atoms with Gasteiger partial charge < -0.3 is 5.73 Å². The Labute approximate surface area is 106 Å². The van der Waals surface area contributed by atoms with Crippen molar-refractivity contribution in [3.8, 4) is 0 Å². The molecule has 8 heteroatoms. The van der Waals surface area contributed by atoms with Crippen molar-refractivity contribution >= 4 is 25.4 Å². The van der Waals surface area contributed by atoms with Crippen molar-refractivity contribution in [2.45, 2.75) is 5.75 Å². The highest BCUT2D eigenvalue weighted by molar-refractivity contribution is 7.94. The molecule has 0 radical (unpaired) electrons. The van der Waals surface area contributed by atoms with E-state index in [1.165, 1.54) is 18.2 Å². The maximum atomic E-state index is 13.5. The molecule has 0 aliphatic heterocycles. The number of nitrogen functional groups attached to an aromatic ring is 1. The molecule has 18 heavy (non-hydrogen) atoms. The Morgan fingerprint density at radius 2 is 1.78 bits per heavy atom. The van der Waals surface area contributed by atoms with E-state index in [4.69, 9.17) is 5.73 Å². The van der Waals surface area contributed by atoms with E-state index in [1.54, 1.807) is 0 Å². The molecule has 0 bridgehead atoms. The zero-order valence-corrected chi connectivity index (χ0v) is 11.4. The molecule has 0 aromatic heterocycles. The maximum absolute atomic E-state index is 13.5. The van der Waals surface area contributed by atoms with Crippen LogP contribution in [0.25, 0.3) is 0 Å². The lowest BCUT2D eigenvalue weighted by molar-refractivity contribution is 0.585. The predicted octanol–water partition coefficient (Wildman–Crippen LogP) is 0.367. The molecule has 0 amide bonds. The normalized spacial score (nSPS) is 12.6. The van der Waals surface area contributed by atoms with Crippen LogP contribution in [-0.2, 0) is 25.4 Å². The first kappa shape index (κ1) is 14.9. The molecule has 0 spiro atoms. The molecule has 0 unspecified atom stereocenters. The van der Waals surface area contributed by atoms with Crippen molar-refractivity contribution in [1.82, 2.24) is 0 Å². The van der Waals surface area contributed by atoms with Crippen molar-refractivity contribution in [1.29, 1.82) is 0 Å². The van der Waals surface area contributed by atoms with E-state index in [-0.39, 0.29) is 11.3 Å². The summed E-state index contributed by atoms with van der Waals surface area (Å²) in [5.41, 5.74) is 5.13. The van der Waals surface area contributed by atoms with Gasteiger partial charge in [0.05, 0.1) is 22.9 Å². The van der Waals surface area contributed by atoms with E-state index in [9.17, 15) is 21.2 Å². The number of hydrogen-bond acceptors (Lipinski definition) is 5. The fourth-order valence-electron chi connectivity index (χ4n) is 1.30. The second-order valence-electron chi connectivity index (χ2n) is 4.04. The molecule has 0 saturated heterocycles. The molecule has 2 N–H and O–H groups in total. The zero-order chi connectivity index (χ0) is 14.0. The summed E-state index contributed by atoms with van der Waals surface area (Å²) in [5, 5.41) is 0. The lowest BCUT2D eigenvalue weighted by Crippen LogP contribution is -2.18. The van der Waals surface area contributed by atoms with E-state index in [1.807, 2.05) is 0 Å². The molecule has 0 saturated carbocycles. The Hall–Kier alpha value is -1.15. The molecular weight excluding hydrogens is 281 g/mol. The molecule has 1 rings (SSSR count). The van der Waals surface area contributed by atoms with Crippen LogP contribution in [0.4, 0.5) is 10.1 Å². The predicted molar refractivity (Wildman–Crippen MR) is 68.0 cm³/mol. The molecule has 102 valence electrons. The summed E-state index contributed by atoms with van der Waals surface area (Å²) in [6.07, 6.45) is 0.948. The molecule has 1 aromatic carbocycles. The van der Waals surface area contributed by atoms with E-state index in [0.29, 0.717) is 0 Å². The van der Waals surface area contributed by atoms with Crippen LogP contribution >= 0.6 is 0 Å². The van der Waals surface area contributed by atoms with Gasteiger partial charge in [-0.1, -0.05) is 12.1 Å². The van der Waals surface area contributed by atoms with Crippen LogP contribution in [0.2, 0.25) is 0 Å². The number of nitrogens with two attached hydrogens (primary N) is 1. The van der Waals surface area contributed by atoms with Gasteiger partial charge >= 0.3 is 0 Å². The van der Waals surface area contributed by atoms with E-state index in [2.05, 4.69) is 0 Å². The van der Waals surface area contributed by atoms with Crippen molar-refractivity contribution in [2.24, 2.45) is 0 Å². The first-order chi connectivity index (χ1) is 8.11. The highest BCUT2D eigenvalue weighted by atomic mass is 32.2. The minimum absolute atomic E-state index is 0.0523.